The molecule has 96 valence electrons. The van der Waals surface area contributed by atoms with Gasteiger partial charge in [0.05, 0.1) is 5.54 Å². The maximum atomic E-state index is 5.95. The van der Waals surface area contributed by atoms with Crippen molar-refractivity contribution in [3.8, 4) is 0 Å². The second kappa shape index (κ2) is 5.31. The summed E-state index contributed by atoms with van der Waals surface area (Å²) in [6.45, 7) is 4.92. The lowest BCUT2D eigenvalue weighted by Crippen LogP contribution is -2.46. The van der Waals surface area contributed by atoms with Crippen molar-refractivity contribution in [1.29, 1.82) is 0 Å². The monoisotopic (exact) mass is 254 g/mol. The van der Waals surface area contributed by atoms with Crippen molar-refractivity contribution in [2.45, 2.75) is 57.4 Å². The predicted molar refractivity (Wildman–Crippen MR) is 72.5 cm³/mol. The molecule has 17 heavy (non-hydrogen) atoms. The van der Waals surface area contributed by atoms with Crippen molar-refractivity contribution in [3.63, 3.8) is 0 Å². The fourth-order valence-electron chi connectivity index (χ4n) is 2.36. The molecule has 1 saturated carbocycles. The molecule has 0 aromatic carbocycles. The first kappa shape index (κ1) is 12.8. The van der Waals surface area contributed by atoms with E-state index in [9.17, 15) is 0 Å². The minimum atomic E-state index is 0.0615. The van der Waals surface area contributed by atoms with Crippen LogP contribution in [0.15, 0.2) is 0 Å². The van der Waals surface area contributed by atoms with Crippen LogP contribution in [0.1, 0.15) is 57.7 Å². The van der Waals surface area contributed by atoms with Gasteiger partial charge in [-0.2, -0.15) is 4.37 Å². The Labute approximate surface area is 107 Å². The van der Waals surface area contributed by atoms with E-state index >= 15 is 0 Å². The van der Waals surface area contributed by atoms with Crippen LogP contribution in [-0.2, 0) is 0 Å². The van der Waals surface area contributed by atoms with E-state index in [2.05, 4.69) is 28.5 Å². The third kappa shape index (κ3) is 2.96. The molecule has 0 spiro atoms. The van der Waals surface area contributed by atoms with Crippen molar-refractivity contribution >= 4 is 16.7 Å². The third-order valence-electron chi connectivity index (χ3n) is 3.53. The van der Waals surface area contributed by atoms with Gasteiger partial charge >= 0.3 is 0 Å². The molecule has 1 fully saturated rings. The maximum absolute atomic E-state index is 5.95. The van der Waals surface area contributed by atoms with Gasteiger partial charge in [-0.3, -0.25) is 0 Å². The normalized spacial score (nSPS) is 19.5. The van der Waals surface area contributed by atoms with Gasteiger partial charge in [-0.1, -0.05) is 33.1 Å². The topological polar surface area (TPSA) is 63.8 Å². The van der Waals surface area contributed by atoms with Crippen LogP contribution < -0.4 is 11.1 Å². The van der Waals surface area contributed by atoms with Gasteiger partial charge in [0, 0.05) is 24.0 Å². The fourth-order valence-corrected chi connectivity index (χ4v) is 3.18. The number of aromatic nitrogens is 2. The van der Waals surface area contributed by atoms with E-state index < -0.39 is 0 Å². The highest BCUT2D eigenvalue weighted by molar-refractivity contribution is 7.09. The van der Waals surface area contributed by atoms with Crippen LogP contribution in [-0.4, -0.2) is 21.4 Å². The highest BCUT2D eigenvalue weighted by Gasteiger charge is 2.31. The summed E-state index contributed by atoms with van der Waals surface area (Å²) in [5, 5.41) is 4.47. The highest BCUT2D eigenvalue weighted by Crippen LogP contribution is 2.31. The summed E-state index contributed by atoms with van der Waals surface area (Å²) >= 11 is 1.46. The van der Waals surface area contributed by atoms with Gasteiger partial charge in [0.25, 0.3) is 0 Å². The first-order valence-electron chi connectivity index (χ1n) is 6.47. The Bertz CT molecular complexity index is 355. The average Bonchev–Trinajstić information content (AvgIpc) is 2.79. The SMILES string of the molecule is CC(C)c1nsc(NC2(CN)CCCCC2)n1. The Morgan fingerprint density at radius 2 is 2.06 bits per heavy atom. The van der Waals surface area contributed by atoms with Crippen molar-refractivity contribution < 1.29 is 0 Å². The van der Waals surface area contributed by atoms with Gasteiger partial charge in [-0.05, 0) is 12.8 Å². The largest absolute Gasteiger partial charge is 0.354 e. The molecular formula is C12H22N4S. The van der Waals surface area contributed by atoms with Crippen LogP contribution >= 0.6 is 11.5 Å². The molecule has 0 amide bonds. The second-order valence-corrected chi connectivity index (χ2v) is 6.03. The zero-order valence-corrected chi connectivity index (χ0v) is 11.5. The Morgan fingerprint density at radius 3 is 2.59 bits per heavy atom. The predicted octanol–water partition coefficient (Wildman–Crippen LogP) is 2.74. The lowest BCUT2D eigenvalue weighted by atomic mass is 9.82. The van der Waals surface area contributed by atoms with E-state index in [1.165, 1.54) is 30.8 Å². The molecule has 0 radical (unpaired) electrons. The molecule has 0 bridgehead atoms. The summed E-state index contributed by atoms with van der Waals surface area (Å²) in [5.74, 6) is 1.32. The fraction of sp³-hybridized carbons (Fsp3) is 0.833. The van der Waals surface area contributed by atoms with E-state index in [1.54, 1.807) is 0 Å². The van der Waals surface area contributed by atoms with E-state index in [0.29, 0.717) is 12.5 Å². The van der Waals surface area contributed by atoms with Crippen LogP contribution in [0, 0.1) is 0 Å². The molecule has 1 aromatic rings. The Morgan fingerprint density at radius 1 is 1.35 bits per heavy atom. The zero-order valence-electron chi connectivity index (χ0n) is 10.7. The summed E-state index contributed by atoms with van der Waals surface area (Å²) in [6.07, 6.45) is 6.16. The van der Waals surface area contributed by atoms with E-state index in [-0.39, 0.29) is 5.54 Å². The minimum Gasteiger partial charge on any atom is -0.354 e. The average molecular weight is 254 g/mol. The molecule has 0 aliphatic heterocycles. The van der Waals surface area contributed by atoms with Crippen molar-refractivity contribution in [1.82, 2.24) is 9.36 Å². The van der Waals surface area contributed by atoms with Crippen LogP contribution in [0.5, 0.6) is 0 Å². The Balaban J connectivity index is 2.06. The van der Waals surface area contributed by atoms with Crippen molar-refractivity contribution in [3.05, 3.63) is 5.82 Å². The number of hydrogen-bond donors (Lipinski definition) is 2. The second-order valence-electron chi connectivity index (χ2n) is 5.28. The van der Waals surface area contributed by atoms with Gasteiger partial charge in [0.2, 0.25) is 5.13 Å². The number of rotatable bonds is 4. The van der Waals surface area contributed by atoms with Crippen molar-refractivity contribution in [2.24, 2.45) is 5.73 Å². The zero-order chi connectivity index (χ0) is 12.3. The maximum Gasteiger partial charge on any atom is 0.203 e. The Hall–Kier alpha value is -0.680. The summed E-state index contributed by atoms with van der Waals surface area (Å²) in [6, 6.07) is 0. The van der Waals surface area contributed by atoms with Crippen LogP contribution in [0.3, 0.4) is 0 Å². The van der Waals surface area contributed by atoms with Gasteiger partial charge in [0.1, 0.15) is 5.82 Å². The standard InChI is InChI=1S/C12H22N4S/c1-9(2)10-14-11(17-16-10)15-12(8-13)6-4-3-5-7-12/h9H,3-8,13H2,1-2H3,(H,14,15,16). The quantitative estimate of drug-likeness (QED) is 0.867. The molecular weight excluding hydrogens is 232 g/mol. The molecule has 1 aromatic heterocycles. The summed E-state index contributed by atoms with van der Waals surface area (Å²) in [5.41, 5.74) is 6.01. The third-order valence-corrected chi connectivity index (χ3v) is 4.18. The lowest BCUT2D eigenvalue weighted by Gasteiger charge is -2.36. The van der Waals surface area contributed by atoms with E-state index in [1.807, 2.05) is 0 Å². The molecule has 0 atom stereocenters. The molecule has 1 heterocycles. The van der Waals surface area contributed by atoms with Crippen LogP contribution in [0.4, 0.5) is 5.13 Å². The molecule has 0 unspecified atom stereocenters. The summed E-state index contributed by atoms with van der Waals surface area (Å²) in [7, 11) is 0. The van der Waals surface area contributed by atoms with Gasteiger partial charge in [0.15, 0.2) is 0 Å². The molecule has 4 nitrogen and oxygen atoms in total. The van der Waals surface area contributed by atoms with Crippen LogP contribution in [0.25, 0.3) is 0 Å². The number of nitrogens with one attached hydrogen (secondary N) is 1. The molecule has 1 aliphatic rings. The first-order chi connectivity index (χ1) is 8.15. The number of nitrogens with zero attached hydrogens (tertiary/aromatic N) is 2. The van der Waals surface area contributed by atoms with Crippen molar-refractivity contribution in [2.75, 3.05) is 11.9 Å². The molecule has 3 N–H and O–H groups in total. The first-order valence-corrected chi connectivity index (χ1v) is 7.24. The highest BCUT2D eigenvalue weighted by atomic mass is 32.1. The molecule has 5 heteroatoms. The number of anilines is 1. The van der Waals surface area contributed by atoms with Gasteiger partial charge < -0.3 is 11.1 Å². The molecule has 1 aliphatic carbocycles. The van der Waals surface area contributed by atoms with Gasteiger partial charge in [-0.15, -0.1) is 0 Å². The molecule has 0 saturated heterocycles. The van der Waals surface area contributed by atoms with E-state index in [4.69, 9.17) is 5.73 Å². The lowest BCUT2D eigenvalue weighted by molar-refractivity contribution is 0.331. The Kier molecular flexibility index (Phi) is 3.99. The van der Waals surface area contributed by atoms with E-state index in [0.717, 1.165) is 23.8 Å². The smallest absolute Gasteiger partial charge is 0.203 e. The minimum absolute atomic E-state index is 0.0615. The van der Waals surface area contributed by atoms with Gasteiger partial charge in [-0.25, -0.2) is 4.98 Å². The number of hydrogen-bond acceptors (Lipinski definition) is 5. The summed E-state index contributed by atoms with van der Waals surface area (Å²) in [4.78, 5) is 4.54. The molecule has 2 rings (SSSR count). The number of nitrogens with two attached hydrogens (primary N) is 1. The summed E-state index contributed by atoms with van der Waals surface area (Å²) < 4.78 is 4.37. The van der Waals surface area contributed by atoms with Crippen LogP contribution in [0.2, 0.25) is 0 Å².